The van der Waals surface area contributed by atoms with Gasteiger partial charge in [-0.3, -0.25) is 4.99 Å². The second kappa shape index (κ2) is 7.03. The van der Waals surface area contributed by atoms with E-state index >= 15 is 0 Å². The van der Waals surface area contributed by atoms with Gasteiger partial charge in [0.2, 0.25) is 0 Å². The predicted molar refractivity (Wildman–Crippen MR) is 80.2 cm³/mol. The van der Waals surface area contributed by atoms with Crippen LogP contribution in [-0.2, 0) is 6.54 Å². The number of hydrogen-bond acceptors (Lipinski definition) is 3. The second-order valence-electron chi connectivity index (χ2n) is 5.05. The van der Waals surface area contributed by atoms with Crippen LogP contribution >= 0.6 is 0 Å². The molecule has 3 N–H and O–H groups in total. The number of methoxy groups -OCH3 is 1. The standard InChI is InChI=1S/C15H23N3O2/c1-16-15(18-12-5-3-4-6-12)17-10-11-9-13(20-2)7-8-14(11)19/h7-9,12,19H,3-6,10H2,1-2H3,(H2,16,17,18). The summed E-state index contributed by atoms with van der Waals surface area (Å²) in [7, 11) is 3.37. The number of ether oxygens (including phenoxy) is 1. The third-order valence-electron chi connectivity index (χ3n) is 3.65. The summed E-state index contributed by atoms with van der Waals surface area (Å²) in [6.45, 7) is 0.509. The second-order valence-corrected chi connectivity index (χ2v) is 5.05. The highest BCUT2D eigenvalue weighted by Gasteiger charge is 2.16. The van der Waals surface area contributed by atoms with Gasteiger partial charge in [0.15, 0.2) is 5.96 Å². The lowest BCUT2D eigenvalue weighted by Crippen LogP contribution is -2.41. The zero-order chi connectivity index (χ0) is 14.4. The highest BCUT2D eigenvalue weighted by atomic mass is 16.5. The van der Waals surface area contributed by atoms with Crippen molar-refractivity contribution in [3.05, 3.63) is 23.8 Å². The SMILES string of the molecule is CN=C(NCc1cc(OC)ccc1O)NC1CCCC1. The van der Waals surface area contributed by atoms with Crippen molar-refractivity contribution in [1.29, 1.82) is 0 Å². The van der Waals surface area contributed by atoms with Crippen molar-refractivity contribution >= 4 is 5.96 Å². The maximum absolute atomic E-state index is 9.84. The summed E-state index contributed by atoms with van der Waals surface area (Å²) in [4.78, 5) is 4.22. The van der Waals surface area contributed by atoms with Gasteiger partial charge in [-0.1, -0.05) is 12.8 Å². The lowest BCUT2D eigenvalue weighted by molar-refractivity contribution is 0.410. The molecule has 1 fully saturated rings. The van der Waals surface area contributed by atoms with Crippen LogP contribution in [0, 0.1) is 0 Å². The van der Waals surface area contributed by atoms with E-state index in [1.165, 1.54) is 25.7 Å². The van der Waals surface area contributed by atoms with Crippen molar-refractivity contribution in [2.45, 2.75) is 38.3 Å². The first kappa shape index (κ1) is 14.5. The molecule has 0 amide bonds. The molecule has 0 atom stereocenters. The first-order chi connectivity index (χ1) is 9.72. The van der Waals surface area contributed by atoms with E-state index in [4.69, 9.17) is 4.74 Å². The number of phenols is 1. The van der Waals surface area contributed by atoms with Gasteiger partial charge in [-0.05, 0) is 31.0 Å². The van der Waals surface area contributed by atoms with Crippen LogP contribution in [0.5, 0.6) is 11.5 Å². The minimum atomic E-state index is 0.259. The monoisotopic (exact) mass is 277 g/mol. The van der Waals surface area contributed by atoms with E-state index in [-0.39, 0.29) is 5.75 Å². The maximum atomic E-state index is 9.84. The van der Waals surface area contributed by atoms with E-state index in [1.54, 1.807) is 26.3 Å². The topological polar surface area (TPSA) is 65.9 Å². The first-order valence-corrected chi connectivity index (χ1v) is 7.06. The average Bonchev–Trinajstić information content (AvgIpc) is 2.97. The molecule has 0 aromatic heterocycles. The average molecular weight is 277 g/mol. The summed E-state index contributed by atoms with van der Waals surface area (Å²) < 4.78 is 5.17. The van der Waals surface area contributed by atoms with Gasteiger partial charge in [0, 0.05) is 25.2 Å². The van der Waals surface area contributed by atoms with E-state index in [0.29, 0.717) is 12.6 Å². The van der Waals surface area contributed by atoms with Crippen LogP contribution in [0.1, 0.15) is 31.2 Å². The lowest BCUT2D eigenvalue weighted by atomic mass is 10.2. The number of rotatable bonds is 4. The molecule has 0 spiro atoms. The number of aliphatic imine (C=N–C) groups is 1. The molecule has 2 rings (SSSR count). The maximum Gasteiger partial charge on any atom is 0.191 e. The molecule has 1 aliphatic carbocycles. The number of phenolic OH excluding ortho intramolecular Hbond substituents is 1. The third kappa shape index (κ3) is 3.79. The van der Waals surface area contributed by atoms with Gasteiger partial charge < -0.3 is 20.5 Å². The van der Waals surface area contributed by atoms with Gasteiger partial charge in [-0.2, -0.15) is 0 Å². The summed E-state index contributed by atoms with van der Waals surface area (Å²) in [6, 6.07) is 5.72. The van der Waals surface area contributed by atoms with Crippen LogP contribution in [0.15, 0.2) is 23.2 Å². The van der Waals surface area contributed by atoms with E-state index in [2.05, 4.69) is 15.6 Å². The lowest BCUT2D eigenvalue weighted by Gasteiger charge is -2.17. The molecular formula is C15H23N3O2. The summed E-state index contributed by atoms with van der Waals surface area (Å²) in [5, 5.41) is 16.5. The molecule has 1 aliphatic rings. The fraction of sp³-hybridized carbons (Fsp3) is 0.533. The minimum Gasteiger partial charge on any atom is -0.508 e. The largest absolute Gasteiger partial charge is 0.508 e. The fourth-order valence-corrected chi connectivity index (χ4v) is 2.47. The Morgan fingerprint density at radius 2 is 2.15 bits per heavy atom. The molecule has 5 nitrogen and oxygen atoms in total. The fourth-order valence-electron chi connectivity index (χ4n) is 2.47. The van der Waals surface area contributed by atoms with Crippen molar-refractivity contribution in [2.75, 3.05) is 14.2 Å². The van der Waals surface area contributed by atoms with Crippen molar-refractivity contribution in [3.8, 4) is 11.5 Å². The van der Waals surface area contributed by atoms with Crippen LogP contribution in [0.2, 0.25) is 0 Å². The van der Waals surface area contributed by atoms with Crippen molar-refractivity contribution in [3.63, 3.8) is 0 Å². The van der Waals surface area contributed by atoms with Crippen molar-refractivity contribution in [2.24, 2.45) is 4.99 Å². The molecule has 110 valence electrons. The first-order valence-electron chi connectivity index (χ1n) is 7.06. The summed E-state index contributed by atoms with van der Waals surface area (Å²) >= 11 is 0. The Bertz CT molecular complexity index is 468. The van der Waals surface area contributed by atoms with Crippen LogP contribution in [0.4, 0.5) is 0 Å². The van der Waals surface area contributed by atoms with Crippen LogP contribution in [0.3, 0.4) is 0 Å². The van der Waals surface area contributed by atoms with Crippen LogP contribution in [0.25, 0.3) is 0 Å². The van der Waals surface area contributed by atoms with Gasteiger partial charge in [0.1, 0.15) is 11.5 Å². The summed E-state index contributed by atoms with van der Waals surface area (Å²) in [5.74, 6) is 1.77. The molecule has 1 aromatic carbocycles. The number of guanidine groups is 1. The molecule has 0 heterocycles. The molecule has 1 saturated carbocycles. The Morgan fingerprint density at radius 1 is 1.40 bits per heavy atom. The van der Waals surface area contributed by atoms with Gasteiger partial charge in [0.05, 0.1) is 7.11 Å². The molecular weight excluding hydrogens is 254 g/mol. The molecule has 5 heteroatoms. The minimum absolute atomic E-state index is 0.259. The number of benzene rings is 1. The molecule has 0 aliphatic heterocycles. The van der Waals surface area contributed by atoms with Crippen molar-refractivity contribution in [1.82, 2.24) is 10.6 Å². The van der Waals surface area contributed by atoms with E-state index in [1.807, 2.05) is 6.07 Å². The number of aromatic hydroxyl groups is 1. The Kier molecular flexibility index (Phi) is 5.09. The third-order valence-corrected chi connectivity index (χ3v) is 3.65. The molecule has 0 unspecified atom stereocenters. The van der Waals surface area contributed by atoms with Gasteiger partial charge >= 0.3 is 0 Å². The molecule has 0 radical (unpaired) electrons. The Hall–Kier alpha value is -1.91. The molecule has 1 aromatic rings. The van der Waals surface area contributed by atoms with E-state index in [0.717, 1.165) is 17.3 Å². The zero-order valence-corrected chi connectivity index (χ0v) is 12.1. The zero-order valence-electron chi connectivity index (χ0n) is 12.1. The highest BCUT2D eigenvalue weighted by Crippen LogP contribution is 2.22. The highest BCUT2D eigenvalue weighted by molar-refractivity contribution is 5.80. The Morgan fingerprint density at radius 3 is 2.80 bits per heavy atom. The van der Waals surface area contributed by atoms with Crippen LogP contribution in [-0.4, -0.2) is 31.3 Å². The van der Waals surface area contributed by atoms with E-state index in [9.17, 15) is 5.11 Å². The molecule has 0 bridgehead atoms. The van der Waals surface area contributed by atoms with Gasteiger partial charge in [-0.25, -0.2) is 0 Å². The normalized spacial score (nSPS) is 16.2. The number of nitrogens with zero attached hydrogens (tertiary/aromatic N) is 1. The number of nitrogens with one attached hydrogen (secondary N) is 2. The quantitative estimate of drug-likeness (QED) is 0.582. The number of hydrogen-bond donors (Lipinski definition) is 3. The Labute approximate surface area is 120 Å². The molecule has 0 saturated heterocycles. The predicted octanol–water partition coefficient (Wildman–Crippen LogP) is 2.01. The smallest absolute Gasteiger partial charge is 0.191 e. The van der Waals surface area contributed by atoms with Gasteiger partial charge in [0.25, 0.3) is 0 Å². The summed E-state index contributed by atoms with van der Waals surface area (Å²) in [5.41, 5.74) is 0.790. The summed E-state index contributed by atoms with van der Waals surface area (Å²) in [6.07, 6.45) is 4.97. The van der Waals surface area contributed by atoms with Crippen molar-refractivity contribution < 1.29 is 9.84 Å². The van der Waals surface area contributed by atoms with Gasteiger partial charge in [-0.15, -0.1) is 0 Å². The van der Waals surface area contributed by atoms with Crippen LogP contribution < -0.4 is 15.4 Å². The Balaban J connectivity index is 1.92. The van der Waals surface area contributed by atoms with E-state index < -0.39 is 0 Å². The molecule has 20 heavy (non-hydrogen) atoms.